The van der Waals surface area contributed by atoms with Crippen LogP contribution in [0.5, 0.6) is 0 Å². The molecule has 0 atom stereocenters. The summed E-state index contributed by atoms with van der Waals surface area (Å²) in [6, 6.07) is 3.22. The zero-order chi connectivity index (χ0) is 15.7. The third kappa shape index (κ3) is 3.42. The Hall–Kier alpha value is -1.02. The molecule has 0 aliphatic carbocycles. The number of rotatable bonds is 3. The van der Waals surface area contributed by atoms with Gasteiger partial charge in [0.2, 0.25) is 10.0 Å². The van der Waals surface area contributed by atoms with Crippen LogP contribution in [0.4, 0.5) is 0 Å². The number of aromatic nitrogens is 1. The van der Waals surface area contributed by atoms with E-state index < -0.39 is 10.0 Å². The first-order valence-electron chi connectivity index (χ1n) is 7.16. The van der Waals surface area contributed by atoms with Crippen molar-refractivity contribution in [3.8, 4) is 0 Å². The molecule has 6 nitrogen and oxygen atoms in total. The number of hydrogen-bond donors (Lipinski definition) is 1. The average Bonchev–Trinajstić information content (AvgIpc) is 2.46. The van der Waals surface area contributed by atoms with Gasteiger partial charge in [-0.2, -0.15) is 4.31 Å². The van der Waals surface area contributed by atoms with Gasteiger partial charge in [0.15, 0.2) is 0 Å². The lowest BCUT2D eigenvalue weighted by molar-refractivity contribution is 0.0921. The molecule has 0 unspecified atom stereocenters. The molecule has 2 rings (SSSR count). The van der Waals surface area contributed by atoms with Crippen molar-refractivity contribution < 1.29 is 8.42 Å². The molecule has 2 N–H and O–H groups in total. The lowest BCUT2D eigenvalue weighted by atomic mass is 10.1. The van der Waals surface area contributed by atoms with Gasteiger partial charge in [-0.3, -0.25) is 9.88 Å². The fraction of sp³-hybridized carbons (Fsp3) is 0.643. The van der Waals surface area contributed by atoms with Crippen LogP contribution in [0.25, 0.3) is 0 Å². The maximum atomic E-state index is 12.7. The van der Waals surface area contributed by atoms with Gasteiger partial charge in [0, 0.05) is 44.5 Å². The molecule has 118 valence electrons. The molecule has 1 saturated heterocycles. The lowest BCUT2D eigenvalue weighted by Crippen LogP contribution is -2.54. The van der Waals surface area contributed by atoms with Gasteiger partial charge in [-0.15, -0.1) is 0 Å². The first-order valence-corrected chi connectivity index (χ1v) is 8.60. The second kappa shape index (κ2) is 6.00. The number of nitrogens with zero attached hydrogens (tertiary/aromatic N) is 3. The molecule has 2 heterocycles. The van der Waals surface area contributed by atoms with Crippen molar-refractivity contribution >= 4 is 10.0 Å². The lowest BCUT2D eigenvalue weighted by Gasteiger charge is -2.41. The summed E-state index contributed by atoms with van der Waals surface area (Å²) in [4.78, 5) is 6.60. The van der Waals surface area contributed by atoms with Crippen LogP contribution in [0.2, 0.25) is 0 Å². The number of nitrogens with two attached hydrogens (primary N) is 1. The van der Waals surface area contributed by atoms with Crippen LogP contribution >= 0.6 is 0 Å². The van der Waals surface area contributed by atoms with Gasteiger partial charge in [-0.1, -0.05) is 0 Å². The zero-order valence-electron chi connectivity index (χ0n) is 12.9. The van der Waals surface area contributed by atoms with Crippen molar-refractivity contribution in [3.05, 3.63) is 24.0 Å². The molecule has 0 bridgehead atoms. The first kappa shape index (κ1) is 16.4. The van der Waals surface area contributed by atoms with Crippen molar-refractivity contribution in [2.24, 2.45) is 5.73 Å². The summed E-state index contributed by atoms with van der Waals surface area (Å²) in [5, 5.41) is 0. The summed E-state index contributed by atoms with van der Waals surface area (Å²) in [5.74, 6) is 0. The first-order chi connectivity index (χ1) is 9.76. The molecule has 21 heavy (non-hydrogen) atoms. The van der Waals surface area contributed by atoms with E-state index in [0.29, 0.717) is 18.8 Å². The molecular formula is C14H24N4O2S. The highest BCUT2D eigenvalue weighted by molar-refractivity contribution is 7.89. The standard InChI is InChI=1S/C14H24N4O2S/c1-14(2,3)17-7-9-18(10-8-17)21(19,20)13-5-4-6-16-12(13)11-15/h4-6H,7-11,15H2,1-3H3. The average molecular weight is 312 g/mol. The van der Waals surface area contributed by atoms with Gasteiger partial charge < -0.3 is 5.73 Å². The van der Waals surface area contributed by atoms with Crippen LogP contribution in [0.1, 0.15) is 26.5 Å². The van der Waals surface area contributed by atoms with Gasteiger partial charge in [0.05, 0.1) is 5.69 Å². The minimum Gasteiger partial charge on any atom is -0.325 e. The fourth-order valence-electron chi connectivity index (χ4n) is 2.55. The van der Waals surface area contributed by atoms with Crippen molar-refractivity contribution in [2.75, 3.05) is 26.2 Å². The summed E-state index contributed by atoms with van der Waals surface area (Å²) in [7, 11) is -3.51. The summed E-state index contributed by atoms with van der Waals surface area (Å²) >= 11 is 0. The van der Waals surface area contributed by atoms with E-state index in [0.717, 1.165) is 13.1 Å². The van der Waals surface area contributed by atoms with E-state index in [-0.39, 0.29) is 17.0 Å². The van der Waals surface area contributed by atoms with E-state index in [1.54, 1.807) is 18.3 Å². The molecule has 1 aromatic heterocycles. The summed E-state index contributed by atoms with van der Waals surface area (Å²) in [5.41, 5.74) is 6.09. The number of sulfonamides is 1. The molecule has 0 spiro atoms. The smallest absolute Gasteiger partial charge is 0.245 e. The van der Waals surface area contributed by atoms with E-state index in [4.69, 9.17) is 5.73 Å². The van der Waals surface area contributed by atoms with Crippen LogP contribution in [-0.2, 0) is 16.6 Å². The third-order valence-corrected chi connectivity index (χ3v) is 5.82. The molecule has 0 saturated carbocycles. The van der Waals surface area contributed by atoms with Gasteiger partial charge >= 0.3 is 0 Å². The SMILES string of the molecule is CC(C)(C)N1CCN(S(=O)(=O)c2cccnc2CN)CC1. The van der Waals surface area contributed by atoms with E-state index >= 15 is 0 Å². The van der Waals surface area contributed by atoms with Crippen molar-refractivity contribution in [1.82, 2.24) is 14.2 Å². The second-order valence-electron chi connectivity index (χ2n) is 6.21. The van der Waals surface area contributed by atoms with Gasteiger partial charge in [0.25, 0.3) is 0 Å². The fourth-order valence-corrected chi connectivity index (χ4v) is 4.16. The monoisotopic (exact) mass is 312 g/mol. The molecule has 0 radical (unpaired) electrons. The van der Waals surface area contributed by atoms with Gasteiger partial charge in [-0.25, -0.2) is 8.42 Å². The van der Waals surface area contributed by atoms with Crippen LogP contribution < -0.4 is 5.73 Å². The van der Waals surface area contributed by atoms with Crippen LogP contribution in [0, 0.1) is 0 Å². The summed E-state index contributed by atoms with van der Waals surface area (Å²) < 4.78 is 27.0. The predicted molar refractivity (Wildman–Crippen MR) is 82.2 cm³/mol. The number of pyridine rings is 1. The van der Waals surface area contributed by atoms with Crippen molar-refractivity contribution in [3.63, 3.8) is 0 Å². The normalized spacial score (nSPS) is 18.9. The maximum absolute atomic E-state index is 12.7. The predicted octanol–water partition coefficient (Wildman–Crippen LogP) is 0.645. The Balaban J connectivity index is 2.19. The third-order valence-electron chi connectivity index (χ3n) is 3.85. The van der Waals surface area contributed by atoms with Crippen LogP contribution in [0.3, 0.4) is 0 Å². The Morgan fingerprint density at radius 2 is 1.86 bits per heavy atom. The van der Waals surface area contributed by atoms with E-state index in [1.807, 2.05) is 0 Å². The zero-order valence-corrected chi connectivity index (χ0v) is 13.7. The minimum atomic E-state index is -3.51. The second-order valence-corrected chi connectivity index (χ2v) is 8.12. The van der Waals surface area contributed by atoms with E-state index in [9.17, 15) is 8.42 Å². The molecule has 0 aromatic carbocycles. The molecule has 1 aliphatic heterocycles. The summed E-state index contributed by atoms with van der Waals surface area (Å²) in [6.07, 6.45) is 1.57. The minimum absolute atomic E-state index is 0.0621. The Morgan fingerprint density at radius 3 is 2.38 bits per heavy atom. The Morgan fingerprint density at radius 1 is 1.24 bits per heavy atom. The highest BCUT2D eigenvalue weighted by Crippen LogP contribution is 2.22. The van der Waals surface area contributed by atoms with Gasteiger partial charge in [0.1, 0.15) is 4.90 Å². The molecule has 7 heteroatoms. The van der Waals surface area contributed by atoms with E-state index in [2.05, 4.69) is 30.7 Å². The highest BCUT2D eigenvalue weighted by Gasteiger charge is 2.33. The van der Waals surface area contributed by atoms with Crippen molar-refractivity contribution in [2.45, 2.75) is 37.8 Å². The molecule has 0 amide bonds. The summed E-state index contributed by atoms with van der Waals surface area (Å²) in [6.45, 7) is 9.02. The topological polar surface area (TPSA) is 79.5 Å². The molecule has 1 aliphatic rings. The maximum Gasteiger partial charge on any atom is 0.245 e. The molecule has 1 aromatic rings. The molecule has 1 fully saturated rings. The Kier molecular flexibility index (Phi) is 4.67. The van der Waals surface area contributed by atoms with Crippen LogP contribution in [0.15, 0.2) is 23.2 Å². The largest absolute Gasteiger partial charge is 0.325 e. The van der Waals surface area contributed by atoms with E-state index in [1.165, 1.54) is 4.31 Å². The van der Waals surface area contributed by atoms with Crippen molar-refractivity contribution in [1.29, 1.82) is 0 Å². The highest BCUT2D eigenvalue weighted by atomic mass is 32.2. The van der Waals surface area contributed by atoms with Crippen LogP contribution in [-0.4, -0.2) is 54.3 Å². The Bertz CT molecular complexity index is 587. The number of hydrogen-bond acceptors (Lipinski definition) is 5. The Labute approximate surface area is 127 Å². The van der Waals surface area contributed by atoms with Gasteiger partial charge in [-0.05, 0) is 32.9 Å². The molecular weight excluding hydrogens is 288 g/mol. The number of piperazine rings is 1. The quantitative estimate of drug-likeness (QED) is 0.886.